The van der Waals surface area contributed by atoms with Gasteiger partial charge >= 0.3 is 0 Å². The molecule has 1 N–H and O–H groups in total. The topological polar surface area (TPSA) is 33.1 Å². The molecule has 2 aliphatic rings. The van der Waals surface area contributed by atoms with Crippen LogP contribution < -0.4 is 5.32 Å². The van der Waals surface area contributed by atoms with Gasteiger partial charge in [0.05, 0.1) is 5.69 Å². The number of fused-ring (bicyclic) bond motifs is 2. The highest BCUT2D eigenvalue weighted by atomic mass is 15.3. The van der Waals surface area contributed by atoms with Crippen molar-refractivity contribution in [3.8, 4) is 0 Å². The molecule has 1 aromatic rings. The summed E-state index contributed by atoms with van der Waals surface area (Å²) in [4.78, 5) is 2.62. The lowest BCUT2D eigenvalue weighted by Crippen LogP contribution is -2.48. The van der Waals surface area contributed by atoms with E-state index in [0.29, 0.717) is 6.04 Å². The number of hydrogen-bond donors (Lipinski definition) is 1. The van der Waals surface area contributed by atoms with E-state index < -0.39 is 0 Å². The van der Waals surface area contributed by atoms with Crippen LogP contribution in [-0.4, -0.2) is 39.4 Å². The predicted octanol–water partition coefficient (Wildman–Crippen LogP) is 2.57. The first-order valence-corrected chi connectivity index (χ1v) is 8.19. The van der Waals surface area contributed by atoms with Gasteiger partial charge in [-0.1, -0.05) is 6.92 Å². The molecule has 112 valence electrons. The van der Waals surface area contributed by atoms with Crippen molar-refractivity contribution < 1.29 is 0 Å². The summed E-state index contributed by atoms with van der Waals surface area (Å²) in [7, 11) is 0. The Morgan fingerprint density at radius 2 is 2.05 bits per heavy atom. The molecule has 2 saturated heterocycles. The van der Waals surface area contributed by atoms with E-state index in [2.05, 4.69) is 47.9 Å². The molecule has 0 amide bonds. The average Bonchev–Trinajstić information content (AvgIpc) is 3.03. The molecule has 2 fully saturated rings. The van der Waals surface area contributed by atoms with Gasteiger partial charge in [-0.3, -0.25) is 9.58 Å². The second-order valence-corrected chi connectivity index (χ2v) is 6.71. The molecule has 0 saturated carbocycles. The zero-order valence-corrected chi connectivity index (χ0v) is 13.0. The second-order valence-electron chi connectivity index (χ2n) is 6.71. The van der Waals surface area contributed by atoms with Crippen molar-refractivity contribution in [2.45, 2.75) is 77.2 Å². The molecular weight excluding hydrogens is 248 g/mol. The Kier molecular flexibility index (Phi) is 4.13. The van der Waals surface area contributed by atoms with E-state index in [9.17, 15) is 0 Å². The Labute approximate surface area is 122 Å². The van der Waals surface area contributed by atoms with Gasteiger partial charge < -0.3 is 5.32 Å². The highest BCUT2D eigenvalue weighted by Crippen LogP contribution is 2.30. The maximum atomic E-state index is 4.71. The van der Waals surface area contributed by atoms with Crippen molar-refractivity contribution in [3.05, 3.63) is 18.0 Å². The molecule has 4 heteroatoms. The third kappa shape index (κ3) is 2.91. The van der Waals surface area contributed by atoms with Gasteiger partial charge in [-0.05, 0) is 52.1 Å². The van der Waals surface area contributed by atoms with Crippen molar-refractivity contribution in [2.75, 3.05) is 6.54 Å². The van der Waals surface area contributed by atoms with Gasteiger partial charge in [-0.25, -0.2) is 0 Å². The van der Waals surface area contributed by atoms with Gasteiger partial charge in [0, 0.05) is 36.9 Å². The highest BCUT2D eigenvalue weighted by Gasteiger charge is 2.35. The molecule has 0 radical (unpaired) electrons. The first-order valence-electron chi connectivity index (χ1n) is 8.19. The van der Waals surface area contributed by atoms with Crippen LogP contribution in [0, 0.1) is 0 Å². The fourth-order valence-corrected chi connectivity index (χ4v) is 3.78. The number of piperidine rings is 1. The van der Waals surface area contributed by atoms with Crippen LogP contribution in [0.15, 0.2) is 12.3 Å². The van der Waals surface area contributed by atoms with Crippen LogP contribution in [0.3, 0.4) is 0 Å². The van der Waals surface area contributed by atoms with Crippen LogP contribution in [0.5, 0.6) is 0 Å². The van der Waals surface area contributed by atoms with E-state index in [1.807, 2.05) is 0 Å². The van der Waals surface area contributed by atoms with E-state index in [1.165, 1.54) is 31.4 Å². The van der Waals surface area contributed by atoms with Gasteiger partial charge in [0.1, 0.15) is 0 Å². The van der Waals surface area contributed by atoms with E-state index in [0.717, 1.165) is 31.2 Å². The molecule has 0 aromatic carbocycles. The molecule has 2 aliphatic heterocycles. The normalized spacial score (nSPS) is 29.6. The number of rotatable bonds is 5. The Bertz CT molecular complexity index is 427. The summed E-state index contributed by atoms with van der Waals surface area (Å²) in [5.41, 5.74) is 1.21. The van der Waals surface area contributed by atoms with Crippen LogP contribution in [0.2, 0.25) is 0 Å². The lowest BCUT2D eigenvalue weighted by Gasteiger charge is -2.37. The molecule has 2 unspecified atom stereocenters. The average molecular weight is 276 g/mol. The van der Waals surface area contributed by atoms with Gasteiger partial charge in [-0.15, -0.1) is 0 Å². The molecule has 1 aromatic heterocycles. The lowest BCUT2D eigenvalue weighted by molar-refractivity contribution is 0.139. The summed E-state index contributed by atoms with van der Waals surface area (Å²) in [6.07, 6.45) is 7.49. The smallest absolute Gasteiger partial charge is 0.0764 e. The first-order chi connectivity index (χ1) is 9.65. The predicted molar refractivity (Wildman–Crippen MR) is 81.7 cm³/mol. The minimum atomic E-state index is 0.452. The van der Waals surface area contributed by atoms with Crippen LogP contribution in [0.25, 0.3) is 0 Å². The summed E-state index contributed by atoms with van der Waals surface area (Å²) in [5, 5.41) is 8.44. The molecular formula is C16H28N4. The molecule has 4 nitrogen and oxygen atoms in total. The summed E-state index contributed by atoms with van der Waals surface area (Å²) in [5.74, 6) is 0. The third-order valence-electron chi connectivity index (χ3n) is 4.93. The molecule has 0 spiro atoms. The van der Waals surface area contributed by atoms with E-state index in [-0.39, 0.29) is 0 Å². The number of nitrogens with one attached hydrogen (secondary N) is 1. The molecule has 20 heavy (non-hydrogen) atoms. The Balaban J connectivity index is 1.64. The minimum absolute atomic E-state index is 0.452. The first kappa shape index (κ1) is 14.1. The van der Waals surface area contributed by atoms with E-state index in [4.69, 9.17) is 5.10 Å². The zero-order chi connectivity index (χ0) is 14.1. The Hall–Kier alpha value is -0.870. The third-order valence-corrected chi connectivity index (χ3v) is 4.93. The summed E-state index contributed by atoms with van der Waals surface area (Å²) in [6, 6.07) is 4.90. The van der Waals surface area contributed by atoms with E-state index >= 15 is 0 Å². The second kappa shape index (κ2) is 5.86. The number of hydrogen-bond acceptors (Lipinski definition) is 3. The van der Waals surface area contributed by atoms with Crippen molar-refractivity contribution in [1.29, 1.82) is 0 Å². The number of nitrogens with zero attached hydrogens (tertiary/aromatic N) is 3. The minimum Gasteiger partial charge on any atom is -0.311 e. The van der Waals surface area contributed by atoms with Gasteiger partial charge in [0.25, 0.3) is 0 Å². The standard InChI is InChI=1S/C16H28N4/c1-4-19(11-15-7-8-20(18-15)12(2)3)16-9-13-5-6-14(10-16)17-13/h7-8,12-14,16-17H,4-6,9-11H2,1-3H3. The van der Waals surface area contributed by atoms with Gasteiger partial charge in [0.15, 0.2) is 0 Å². The molecule has 3 heterocycles. The molecule has 2 bridgehead atoms. The highest BCUT2D eigenvalue weighted by molar-refractivity contribution is 5.02. The van der Waals surface area contributed by atoms with Crippen LogP contribution in [0.1, 0.15) is 58.2 Å². The number of aromatic nitrogens is 2. The van der Waals surface area contributed by atoms with Gasteiger partial charge in [-0.2, -0.15) is 5.10 Å². The van der Waals surface area contributed by atoms with Gasteiger partial charge in [0.2, 0.25) is 0 Å². The largest absolute Gasteiger partial charge is 0.311 e. The Morgan fingerprint density at radius 3 is 2.60 bits per heavy atom. The summed E-state index contributed by atoms with van der Waals surface area (Å²) >= 11 is 0. The molecule has 3 rings (SSSR count). The quantitative estimate of drug-likeness (QED) is 0.897. The fourth-order valence-electron chi connectivity index (χ4n) is 3.78. The zero-order valence-electron chi connectivity index (χ0n) is 13.0. The molecule has 0 aliphatic carbocycles. The lowest BCUT2D eigenvalue weighted by atomic mass is 9.98. The van der Waals surface area contributed by atoms with Crippen LogP contribution in [-0.2, 0) is 6.54 Å². The van der Waals surface area contributed by atoms with Crippen LogP contribution >= 0.6 is 0 Å². The van der Waals surface area contributed by atoms with Crippen LogP contribution in [0.4, 0.5) is 0 Å². The fraction of sp³-hybridized carbons (Fsp3) is 0.812. The van der Waals surface area contributed by atoms with E-state index in [1.54, 1.807) is 0 Å². The van der Waals surface area contributed by atoms with Crippen molar-refractivity contribution in [2.24, 2.45) is 0 Å². The monoisotopic (exact) mass is 276 g/mol. The van der Waals surface area contributed by atoms with Crippen molar-refractivity contribution in [3.63, 3.8) is 0 Å². The maximum absolute atomic E-state index is 4.71. The summed E-state index contributed by atoms with van der Waals surface area (Å²) in [6.45, 7) is 8.76. The summed E-state index contributed by atoms with van der Waals surface area (Å²) < 4.78 is 2.06. The Morgan fingerprint density at radius 1 is 1.35 bits per heavy atom. The molecule has 2 atom stereocenters. The van der Waals surface area contributed by atoms with Crippen molar-refractivity contribution >= 4 is 0 Å². The maximum Gasteiger partial charge on any atom is 0.0764 e. The van der Waals surface area contributed by atoms with Crippen molar-refractivity contribution in [1.82, 2.24) is 20.0 Å². The SMILES string of the molecule is CCN(Cc1ccn(C(C)C)n1)C1CC2CCC(C1)N2.